The van der Waals surface area contributed by atoms with Crippen LogP contribution >= 0.6 is 0 Å². The van der Waals surface area contributed by atoms with Crippen LogP contribution in [0.25, 0.3) is 0 Å². The van der Waals surface area contributed by atoms with Crippen molar-refractivity contribution in [2.75, 3.05) is 13.1 Å². The van der Waals surface area contributed by atoms with E-state index in [1.54, 1.807) is 0 Å². The van der Waals surface area contributed by atoms with Gasteiger partial charge in [0.2, 0.25) is 0 Å². The molecule has 4 heteroatoms. The van der Waals surface area contributed by atoms with E-state index < -0.39 is 11.5 Å². The molecule has 20 heavy (non-hydrogen) atoms. The third kappa shape index (κ3) is 2.40. The molecule has 1 N–H and O–H groups in total. The van der Waals surface area contributed by atoms with Crippen LogP contribution in [-0.4, -0.2) is 41.2 Å². The van der Waals surface area contributed by atoms with Crippen molar-refractivity contribution in [1.29, 1.82) is 0 Å². The van der Waals surface area contributed by atoms with Crippen LogP contribution in [0.5, 0.6) is 0 Å². The summed E-state index contributed by atoms with van der Waals surface area (Å²) >= 11 is 0. The Hall–Kier alpha value is -0.870. The summed E-state index contributed by atoms with van der Waals surface area (Å²) in [7, 11) is 0. The van der Waals surface area contributed by atoms with Crippen molar-refractivity contribution in [2.24, 2.45) is 17.3 Å². The molecule has 2 aliphatic rings. The van der Waals surface area contributed by atoms with Gasteiger partial charge in [-0.25, -0.2) is 0 Å². The average Bonchev–Trinajstić information content (AvgIpc) is 2.92. The number of hydrogen-bond donors (Lipinski definition) is 1. The molecule has 0 spiro atoms. The van der Waals surface area contributed by atoms with E-state index in [9.17, 15) is 9.90 Å². The van der Waals surface area contributed by atoms with Gasteiger partial charge in [-0.1, -0.05) is 27.7 Å². The first kappa shape index (κ1) is 15.5. The molecule has 0 aromatic rings. The molecule has 0 saturated carbocycles. The Labute approximate surface area is 121 Å². The standard InChI is InChI=1S/C16H27NO3/c1-10(2)16(5,11(3)4)15(19)20-13-7-9-17-8-6-12(18)14(13)17/h7,10-12,14,18H,6,8-9H2,1-5H3/t12-,14-/m0/s1. The summed E-state index contributed by atoms with van der Waals surface area (Å²) < 4.78 is 5.70. The zero-order valence-corrected chi connectivity index (χ0v) is 13.2. The van der Waals surface area contributed by atoms with Crippen LogP contribution in [0, 0.1) is 17.3 Å². The van der Waals surface area contributed by atoms with Crippen molar-refractivity contribution in [3.63, 3.8) is 0 Å². The Morgan fingerprint density at radius 1 is 1.40 bits per heavy atom. The fourth-order valence-corrected chi connectivity index (χ4v) is 3.20. The normalized spacial score (nSPS) is 27.1. The van der Waals surface area contributed by atoms with Gasteiger partial charge in [0.25, 0.3) is 0 Å². The van der Waals surface area contributed by atoms with Crippen molar-refractivity contribution in [3.8, 4) is 0 Å². The number of aliphatic hydroxyl groups is 1. The molecular formula is C16H27NO3. The lowest BCUT2D eigenvalue weighted by Crippen LogP contribution is -2.41. The number of hydrogen-bond acceptors (Lipinski definition) is 4. The van der Waals surface area contributed by atoms with E-state index >= 15 is 0 Å². The third-order valence-corrected chi connectivity index (χ3v) is 5.34. The summed E-state index contributed by atoms with van der Waals surface area (Å²) in [6.45, 7) is 11.8. The Balaban J connectivity index is 2.12. The Morgan fingerprint density at radius 3 is 2.55 bits per heavy atom. The van der Waals surface area contributed by atoms with Gasteiger partial charge in [-0.3, -0.25) is 9.69 Å². The molecule has 2 atom stereocenters. The zero-order valence-electron chi connectivity index (χ0n) is 13.2. The maximum Gasteiger partial charge on any atom is 0.317 e. The molecule has 1 saturated heterocycles. The predicted molar refractivity (Wildman–Crippen MR) is 77.9 cm³/mol. The van der Waals surface area contributed by atoms with Gasteiger partial charge < -0.3 is 9.84 Å². The van der Waals surface area contributed by atoms with Gasteiger partial charge in [-0.05, 0) is 31.3 Å². The van der Waals surface area contributed by atoms with Crippen LogP contribution in [-0.2, 0) is 9.53 Å². The highest BCUT2D eigenvalue weighted by molar-refractivity contribution is 5.78. The smallest absolute Gasteiger partial charge is 0.317 e. The summed E-state index contributed by atoms with van der Waals surface area (Å²) in [5, 5.41) is 10.0. The van der Waals surface area contributed by atoms with Crippen molar-refractivity contribution in [1.82, 2.24) is 4.90 Å². The highest BCUT2D eigenvalue weighted by Crippen LogP contribution is 2.39. The maximum absolute atomic E-state index is 12.6. The zero-order chi connectivity index (χ0) is 15.1. The summed E-state index contributed by atoms with van der Waals surface area (Å²) in [6.07, 6.45) is 2.28. The molecule has 4 nitrogen and oxygen atoms in total. The van der Waals surface area contributed by atoms with E-state index in [1.807, 2.05) is 13.0 Å². The molecule has 0 aliphatic carbocycles. The second kappa shape index (κ2) is 5.49. The Kier molecular flexibility index (Phi) is 4.26. The summed E-state index contributed by atoms with van der Waals surface area (Å²) in [5.74, 6) is 0.894. The average molecular weight is 281 g/mol. The van der Waals surface area contributed by atoms with Gasteiger partial charge in [0.15, 0.2) is 0 Å². The van der Waals surface area contributed by atoms with Gasteiger partial charge in [0.1, 0.15) is 5.76 Å². The molecule has 2 rings (SSSR count). The van der Waals surface area contributed by atoms with Gasteiger partial charge in [-0.2, -0.15) is 0 Å². The first-order valence-corrected chi connectivity index (χ1v) is 7.63. The second-order valence-corrected chi connectivity index (χ2v) is 6.88. The monoisotopic (exact) mass is 281 g/mol. The third-order valence-electron chi connectivity index (χ3n) is 5.34. The van der Waals surface area contributed by atoms with E-state index in [0.717, 1.165) is 19.5 Å². The lowest BCUT2D eigenvalue weighted by molar-refractivity contribution is -0.157. The summed E-state index contributed by atoms with van der Waals surface area (Å²) in [6, 6.07) is -0.123. The molecule has 0 radical (unpaired) electrons. The number of esters is 1. The quantitative estimate of drug-likeness (QED) is 0.803. The fraction of sp³-hybridized carbons (Fsp3) is 0.812. The molecule has 2 heterocycles. The topological polar surface area (TPSA) is 49.8 Å². The fourth-order valence-electron chi connectivity index (χ4n) is 3.20. The number of carbonyl (C=O) groups is 1. The number of aliphatic hydroxyl groups excluding tert-OH is 1. The van der Waals surface area contributed by atoms with Crippen LogP contribution in [0.15, 0.2) is 11.8 Å². The minimum Gasteiger partial charge on any atom is -0.429 e. The van der Waals surface area contributed by atoms with E-state index in [4.69, 9.17) is 4.74 Å². The molecule has 0 bridgehead atoms. The van der Waals surface area contributed by atoms with Gasteiger partial charge >= 0.3 is 5.97 Å². The predicted octanol–water partition coefficient (Wildman–Crippen LogP) is 2.18. The molecular weight excluding hydrogens is 254 g/mol. The first-order valence-electron chi connectivity index (χ1n) is 7.63. The molecule has 0 amide bonds. The first-order chi connectivity index (χ1) is 9.28. The number of carbonyl (C=O) groups excluding carboxylic acids is 1. The Bertz CT molecular complexity index is 406. The lowest BCUT2D eigenvalue weighted by Gasteiger charge is -2.35. The van der Waals surface area contributed by atoms with Gasteiger partial charge in [0.05, 0.1) is 17.6 Å². The minimum atomic E-state index is -0.502. The van der Waals surface area contributed by atoms with Crippen LogP contribution in [0.3, 0.4) is 0 Å². The van der Waals surface area contributed by atoms with Crippen molar-refractivity contribution in [2.45, 2.75) is 53.2 Å². The lowest BCUT2D eigenvalue weighted by atomic mass is 9.70. The van der Waals surface area contributed by atoms with Gasteiger partial charge in [0, 0.05) is 13.1 Å². The maximum atomic E-state index is 12.6. The van der Waals surface area contributed by atoms with Crippen LogP contribution < -0.4 is 0 Å². The summed E-state index contributed by atoms with van der Waals surface area (Å²) in [4.78, 5) is 14.8. The SMILES string of the molecule is CC(C)C(C)(C(=O)OC1=CCN2CC[C@H](O)[C@@H]12)C(C)C. The number of rotatable bonds is 4. The van der Waals surface area contributed by atoms with Crippen molar-refractivity contribution >= 4 is 5.97 Å². The van der Waals surface area contributed by atoms with Crippen LogP contribution in [0.1, 0.15) is 41.0 Å². The highest BCUT2D eigenvalue weighted by Gasteiger charge is 2.45. The molecule has 0 aromatic heterocycles. The largest absolute Gasteiger partial charge is 0.429 e. The van der Waals surface area contributed by atoms with Crippen LogP contribution in [0.2, 0.25) is 0 Å². The van der Waals surface area contributed by atoms with Gasteiger partial charge in [-0.15, -0.1) is 0 Å². The highest BCUT2D eigenvalue weighted by atomic mass is 16.5. The number of ether oxygens (including phenoxy) is 1. The van der Waals surface area contributed by atoms with Crippen molar-refractivity contribution < 1.29 is 14.6 Å². The molecule has 1 fully saturated rings. The molecule has 114 valence electrons. The number of nitrogens with zero attached hydrogens (tertiary/aromatic N) is 1. The molecule has 0 aromatic carbocycles. The van der Waals surface area contributed by atoms with E-state index in [0.29, 0.717) is 5.76 Å². The summed E-state index contributed by atoms with van der Waals surface area (Å²) in [5.41, 5.74) is -0.502. The Morgan fingerprint density at radius 2 is 2.00 bits per heavy atom. The van der Waals surface area contributed by atoms with E-state index in [1.165, 1.54) is 0 Å². The minimum absolute atomic E-state index is 0.123. The van der Waals surface area contributed by atoms with Crippen LogP contribution in [0.4, 0.5) is 0 Å². The van der Waals surface area contributed by atoms with E-state index in [-0.39, 0.29) is 23.8 Å². The number of fused-ring (bicyclic) bond motifs is 1. The van der Waals surface area contributed by atoms with Crippen molar-refractivity contribution in [3.05, 3.63) is 11.8 Å². The molecule has 0 unspecified atom stereocenters. The van der Waals surface area contributed by atoms with E-state index in [2.05, 4.69) is 32.6 Å². The molecule has 2 aliphatic heterocycles. The second-order valence-electron chi connectivity index (χ2n) is 6.88.